The minimum atomic E-state index is -0.0961. The minimum absolute atomic E-state index is 0.0758. The van der Waals surface area contributed by atoms with Crippen LogP contribution in [0.5, 0.6) is 0 Å². The fraction of sp³-hybridized carbons (Fsp3) is 0.200. The van der Waals surface area contributed by atoms with E-state index in [1.807, 2.05) is 11.3 Å². The summed E-state index contributed by atoms with van der Waals surface area (Å²) >= 11 is 1.93. The van der Waals surface area contributed by atoms with E-state index in [2.05, 4.69) is 207 Å². The Morgan fingerprint density at radius 2 is 1.06 bits per heavy atom. The van der Waals surface area contributed by atoms with Gasteiger partial charge in [0.1, 0.15) is 0 Å². The molecule has 322 valence electrons. The van der Waals surface area contributed by atoms with Gasteiger partial charge in [0.2, 0.25) is 0 Å². The first-order chi connectivity index (χ1) is 32.9. The van der Waals surface area contributed by atoms with Crippen molar-refractivity contribution < 1.29 is 0 Å². The zero-order valence-electron chi connectivity index (χ0n) is 38.1. The lowest BCUT2D eigenvalue weighted by atomic mass is 9.43. The van der Waals surface area contributed by atoms with E-state index in [0.29, 0.717) is 11.8 Å². The van der Waals surface area contributed by atoms with Crippen molar-refractivity contribution in [1.82, 2.24) is 0 Å². The Balaban J connectivity index is 0.943. The second-order valence-electron chi connectivity index (χ2n) is 21.2. The smallest absolute Gasteiger partial charge is 0.0540 e. The van der Waals surface area contributed by atoms with E-state index in [4.69, 9.17) is 0 Å². The molecule has 4 saturated carbocycles. The Hall–Kier alpha value is -6.74. The highest BCUT2D eigenvalue weighted by atomic mass is 32.1. The van der Waals surface area contributed by atoms with Gasteiger partial charge in [-0.2, -0.15) is 0 Å². The Bertz CT molecular complexity index is 3670. The second-order valence-corrected chi connectivity index (χ2v) is 22.2. The number of hydrogen-bond acceptors (Lipinski definition) is 2. The van der Waals surface area contributed by atoms with Gasteiger partial charge in [-0.15, -0.1) is 11.3 Å². The van der Waals surface area contributed by atoms with Gasteiger partial charge in [-0.3, -0.25) is 0 Å². The van der Waals surface area contributed by atoms with Gasteiger partial charge in [0.05, 0.1) is 5.69 Å². The fourth-order valence-corrected chi connectivity index (χ4v) is 16.5. The summed E-state index contributed by atoms with van der Waals surface area (Å²) in [7, 11) is 0. The second kappa shape index (κ2) is 13.9. The largest absolute Gasteiger partial charge is 0.310 e. The van der Waals surface area contributed by atoms with Crippen LogP contribution in [0.4, 0.5) is 17.1 Å². The van der Waals surface area contributed by atoms with Gasteiger partial charge in [-0.25, -0.2) is 0 Å². The first kappa shape index (κ1) is 38.4. The fourth-order valence-electron chi connectivity index (χ4n) is 15.3. The minimum Gasteiger partial charge on any atom is -0.310 e. The Labute approximate surface area is 397 Å². The molecule has 0 N–H and O–H groups in total. The van der Waals surface area contributed by atoms with Gasteiger partial charge in [-0.1, -0.05) is 166 Å². The number of hydrogen-bond donors (Lipinski definition) is 0. The van der Waals surface area contributed by atoms with Crippen LogP contribution < -0.4 is 4.90 Å². The monoisotopic (exact) mass is 877 g/mol. The van der Waals surface area contributed by atoms with Gasteiger partial charge in [-0.05, 0) is 164 Å². The van der Waals surface area contributed by atoms with Gasteiger partial charge in [0.15, 0.2) is 0 Å². The molecule has 67 heavy (non-hydrogen) atoms. The van der Waals surface area contributed by atoms with Crippen LogP contribution in [-0.2, 0) is 10.8 Å². The first-order valence-electron chi connectivity index (χ1n) is 24.8. The lowest BCUT2D eigenvalue weighted by Crippen LogP contribution is -2.55. The first-order valence-corrected chi connectivity index (χ1v) is 25.6. The number of rotatable bonds is 5. The highest BCUT2D eigenvalue weighted by molar-refractivity contribution is 7.26. The zero-order valence-corrected chi connectivity index (χ0v) is 38.9. The maximum atomic E-state index is 2.67. The van der Waals surface area contributed by atoms with E-state index in [-0.39, 0.29) is 10.8 Å². The summed E-state index contributed by atoms with van der Waals surface area (Å²) in [6, 6.07) is 72.3. The van der Waals surface area contributed by atoms with Crippen LogP contribution in [0.3, 0.4) is 0 Å². The van der Waals surface area contributed by atoms with E-state index in [0.717, 1.165) is 11.8 Å². The summed E-state index contributed by atoms with van der Waals surface area (Å²) < 4.78 is 2.69. The average Bonchev–Trinajstić information content (AvgIpc) is 3.98. The number of para-hydroxylation sites is 1. The summed E-state index contributed by atoms with van der Waals surface area (Å²) in [5.74, 6) is 3.19. The normalized spacial score (nSPS) is 22.4. The molecule has 0 atom stereocenters. The predicted molar refractivity (Wildman–Crippen MR) is 283 cm³/mol. The molecule has 0 amide bonds. The molecule has 1 nitrogen and oxygen atoms in total. The molecule has 4 fully saturated rings. The summed E-state index contributed by atoms with van der Waals surface area (Å²) in [6.45, 7) is 4.80. The van der Waals surface area contributed by atoms with Gasteiger partial charge >= 0.3 is 0 Å². The predicted octanol–water partition coefficient (Wildman–Crippen LogP) is 18.0. The van der Waals surface area contributed by atoms with E-state index in [9.17, 15) is 0 Å². The molecule has 0 saturated heterocycles. The van der Waals surface area contributed by atoms with Crippen molar-refractivity contribution in [3.63, 3.8) is 0 Å². The third-order valence-corrected chi connectivity index (χ3v) is 18.8. The highest BCUT2D eigenvalue weighted by Crippen LogP contribution is 2.70. The Kier molecular flexibility index (Phi) is 7.97. The molecule has 0 unspecified atom stereocenters. The molecule has 6 aliphatic rings. The average molecular weight is 878 g/mol. The van der Waals surface area contributed by atoms with Gasteiger partial charge in [0.25, 0.3) is 0 Å². The molecular weight excluding hydrogens is 827 g/mol. The SMILES string of the molecule is CC1(C)c2ccccc2-c2cccc(-c3ccc(N(c4ccc5c(c4)C4(c6ccccc6-5)C5CC6CC(C5)CC4C6)c4ccccc4-c4cccc5sc6c7ccccc7ccc6c45)cc3)c21. The lowest BCUT2D eigenvalue weighted by molar-refractivity contribution is -0.0399. The maximum absolute atomic E-state index is 2.67. The molecule has 1 aromatic heterocycles. The van der Waals surface area contributed by atoms with E-state index in [1.165, 1.54) is 136 Å². The summed E-state index contributed by atoms with van der Waals surface area (Å²) in [5, 5.41) is 5.30. The molecule has 9 aromatic carbocycles. The van der Waals surface area contributed by atoms with Crippen molar-refractivity contribution in [2.45, 2.75) is 56.8 Å². The molecule has 2 heteroatoms. The quantitative estimate of drug-likeness (QED) is 0.166. The number of nitrogens with zero attached hydrogens (tertiary/aromatic N) is 1. The zero-order chi connectivity index (χ0) is 44.2. The van der Waals surface area contributed by atoms with Crippen molar-refractivity contribution in [2.24, 2.45) is 23.7 Å². The molecule has 10 aromatic rings. The molecule has 0 radical (unpaired) electrons. The standard InChI is InChI=1S/C65H51NS/c1-64(2)56-21-8-5-16-50(56)54-20-11-18-47(62(54)64)42-25-28-45(29-26-42)66(46-30-32-51-49-15-6-9-22-57(49)65(58(51)38-46)43-34-39-33-40(36-43)37-44(65)35-39)59-23-10-7-17-52(59)53-19-12-24-60-61(53)55-31-27-41-13-3-4-14-48(41)63(55)67-60/h3-32,38-40,43-44H,33-37H2,1-2H3. The highest BCUT2D eigenvalue weighted by Gasteiger charge is 2.61. The molecule has 16 rings (SSSR count). The van der Waals surface area contributed by atoms with Crippen LogP contribution >= 0.6 is 11.3 Å². The number of anilines is 3. The Morgan fingerprint density at radius 1 is 0.448 bits per heavy atom. The van der Waals surface area contributed by atoms with E-state index >= 15 is 0 Å². The van der Waals surface area contributed by atoms with Gasteiger partial charge in [0, 0.05) is 47.9 Å². The van der Waals surface area contributed by atoms with Crippen molar-refractivity contribution in [2.75, 3.05) is 4.90 Å². The number of fused-ring (bicyclic) bond motifs is 11. The van der Waals surface area contributed by atoms with Crippen LogP contribution in [-0.4, -0.2) is 0 Å². The molecule has 1 heterocycles. The van der Waals surface area contributed by atoms with Crippen LogP contribution in [0.15, 0.2) is 188 Å². The van der Waals surface area contributed by atoms with Crippen LogP contribution in [0, 0.1) is 23.7 Å². The van der Waals surface area contributed by atoms with Crippen molar-refractivity contribution in [1.29, 1.82) is 0 Å². The summed E-state index contributed by atoms with van der Waals surface area (Å²) in [5.41, 5.74) is 20.4. The maximum Gasteiger partial charge on any atom is 0.0540 e. The van der Waals surface area contributed by atoms with Crippen molar-refractivity contribution in [3.05, 3.63) is 210 Å². The lowest BCUT2D eigenvalue weighted by Gasteiger charge is -2.61. The van der Waals surface area contributed by atoms with Crippen molar-refractivity contribution in [3.8, 4) is 44.5 Å². The van der Waals surface area contributed by atoms with Crippen LogP contribution in [0.1, 0.15) is 68.2 Å². The van der Waals surface area contributed by atoms with Gasteiger partial charge < -0.3 is 4.90 Å². The number of benzene rings is 9. The van der Waals surface area contributed by atoms with Crippen molar-refractivity contribution >= 4 is 59.3 Å². The third-order valence-electron chi connectivity index (χ3n) is 17.6. The van der Waals surface area contributed by atoms with E-state index < -0.39 is 0 Å². The molecule has 0 aliphatic heterocycles. The number of thiophene rings is 1. The topological polar surface area (TPSA) is 3.24 Å². The summed E-state index contributed by atoms with van der Waals surface area (Å²) in [6.07, 6.45) is 6.95. The molecule has 4 bridgehead atoms. The van der Waals surface area contributed by atoms with Crippen LogP contribution in [0.2, 0.25) is 0 Å². The van der Waals surface area contributed by atoms with E-state index in [1.54, 1.807) is 11.1 Å². The molecular formula is C65H51NS. The summed E-state index contributed by atoms with van der Waals surface area (Å²) in [4.78, 5) is 2.60. The molecule has 1 spiro atoms. The third kappa shape index (κ3) is 5.20. The molecule has 6 aliphatic carbocycles. The Morgan fingerprint density at radius 3 is 1.87 bits per heavy atom. The van der Waals surface area contributed by atoms with Crippen LogP contribution in [0.25, 0.3) is 75.5 Å².